The molecule has 2 aliphatic heterocycles. The number of halogens is 3. The Morgan fingerprint density at radius 3 is 2.41 bits per heavy atom. The molecule has 1 atom stereocenters. The Morgan fingerprint density at radius 1 is 1.07 bits per heavy atom. The molecule has 0 fully saturated rings. The topological polar surface area (TPSA) is 108 Å². The molecule has 0 saturated heterocycles. The van der Waals surface area contributed by atoms with Crippen molar-refractivity contribution in [2.24, 2.45) is 0 Å². The molecule has 4 rings (SSSR count). The van der Waals surface area contributed by atoms with Gasteiger partial charge in [-0.3, -0.25) is 0 Å². The lowest BCUT2D eigenvalue weighted by Gasteiger charge is -2.30. The van der Waals surface area contributed by atoms with Crippen LogP contribution in [0, 0.1) is 0 Å². The number of carbonyl (C=O) groups is 1. The summed E-state index contributed by atoms with van der Waals surface area (Å²) in [4.78, 5) is 8.90. The average molecular weight is 413 g/mol. The molecule has 0 saturated carbocycles. The molecule has 2 aliphatic rings. The number of aliphatic carboxylic acids is 1. The van der Waals surface area contributed by atoms with Crippen molar-refractivity contribution in [3.63, 3.8) is 0 Å². The molecule has 0 bridgehead atoms. The second-order valence-electron chi connectivity index (χ2n) is 6.35. The Bertz CT molecular complexity index is 916. The van der Waals surface area contributed by atoms with Crippen molar-refractivity contribution in [3.8, 4) is 23.0 Å². The zero-order valence-electron chi connectivity index (χ0n) is 15.0. The van der Waals surface area contributed by atoms with Crippen LogP contribution in [-0.4, -0.2) is 47.2 Å². The number of para-hydroxylation sites is 1. The van der Waals surface area contributed by atoms with Crippen molar-refractivity contribution < 1.29 is 42.8 Å². The first-order chi connectivity index (χ1) is 13.7. The maximum Gasteiger partial charge on any atom is 0.490 e. The predicted octanol–water partition coefficient (Wildman–Crippen LogP) is 2.74. The molecule has 0 aromatic heterocycles. The second kappa shape index (κ2) is 8.08. The molecule has 29 heavy (non-hydrogen) atoms. The number of fused-ring (bicyclic) bond motifs is 2. The number of phenols is 2. The molecule has 156 valence electrons. The van der Waals surface area contributed by atoms with E-state index in [2.05, 4.69) is 5.32 Å². The van der Waals surface area contributed by atoms with Crippen LogP contribution >= 0.6 is 0 Å². The number of nitrogens with one attached hydrogen (secondary N) is 1. The molecule has 0 spiro atoms. The van der Waals surface area contributed by atoms with Crippen LogP contribution in [0.25, 0.3) is 0 Å². The van der Waals surface area contributed by atoms with Crippen LogP contribution in [0.2, 0.25) is 0 Å². The van der Waals surface area contributed by atoms with Crippen molar-refractivity contribution in [3.05, 3.63) is 47.0 Å². The molecule has 10 heteroatoms. The van der Waals surface area contributed by atoms with E-state index in [0.29, 0.717) is 13.2 Å². The Kier molecular flexibility index (Phi) is 5.73. The summed E-state index contributed by atoms with van der Waals surface area (Å²) in [5.74, 6) is -1.43. The largest absolute Gasteiger partial charge is 0.504 e. The molecule has 0 radical (unpaired) electrons. The number of benzene rings is 2. The third-order valence-electron chi connectivity index (χ3n) is 4.44. The smallest absolute Gasteiger partial charge is 0.490 e. The zero-order valence-corrected chi connectivity index (χ0v) is 15.0. The number of alkyl halides is 3. The van der Waals surface area contributed by atoms with Gasteiger partial charge in [0.25, 0.3) is 0 Å². The lowest BCUT2D eigenvalue weighted by molar-refractivity contribution is -0.192. The van der Waals surface area contributed by atoms with Crippen LogP contribution in [-0.2, 0) is 11.2 Å². The number of ether oxygens (including phenoxy) is 2. The second-order valence-corrected chi connectivity index (χ2v) is 6.35. The molecule has 2 heterocycles. The van der Waals surface area contributed by atoms with Crippen LogP contribution in [0.5, 0.6) is 23.0 Å². The minimum absolute atomic E-state index is 0.0749. The maximum atomic E-state index is 10.6. The van der Waals surface area contributed by atoms with Gasteiger partial charge in [0, 0.05) is 12.1 Å². The molecular weight excluding hydrogens is 395 g/mol. The van der Waals surface area contributed by atoms with Gasteiger partial charge < -0.3 is 30.1 Å². The molecule has 0 amide bonds. The molecule has 2 aromatic carbocycles. The van der Waals surface area contributed by atoms with E-state index in [1.165, 1.54) is 0 Å². The van der Waals surface area contributed by atoms with Gasteiger partial charge >= 0.3 is 12.1 Å². The van der Waals surface area contributed by atoms with Crippen molar-refractivity contribution in [1.82, 2.24) is 5.32 Å². The lowest BCUT2D eigenvalue weighted by atomic mass is 9.88. The number of hydrogen-bond acceptors (Lipinski definition) is 6. The zero-order chi connectivity index (χ0) is 21.2. The fourth-order valence-corrected chi connectivity index (χ4v) is 3.18. The minimum atomic E-state index is -5.08. The standard InChI is InChI=1S/C17H17NO4.C2HF3O2/c19-13-8-10-4-5-18-16(12(10)9-14(13)20)11-2-1-3-15-17(11)22-7-6-21-15;3-2(4,5)1(6)7/h1-3,8-9,16,18-20H,4-7H2;(H,6,7). The summed E-state index contributed by atoms with van der Waals surface area (Å²) in [6.07, 6.45) is -4.27. The highest BCUT2D eigenvalue weighted by molar-refractivity contribution is 5.73. The first kappa shape index (κ1) is 20.6. The molecular formula is C19H18F3NO6. The van der Waals surface area contributed by atoms with E-state index in [0.717, 1.165) is 41.2 Å². The molecule has 7 nitrogen and oxygen atoms in total. The minimum Gasteiger partial charge on any atom is -0.504 e. The third kappa shape index (κ3) is 4.48. The van der Waals surface area contributed by atoms with Gasteiger partial charge in [0.2, 0.25) is 0 Å². The number of phenolic OH excluding ortho intramolecular Hbond substituents is 2. The Morgan fingerprint density at radius 2 is 1.72 bits per heavy atom. The van der Waals surface area contributed by atoms with E-state index >= 15 is 0 Å². The summed E-state index contributed by atoms with van der Waals surface area (Å²) >= 11 is 0. The van der Waals surface area contributed by atoms with E-state index in [4.69, 9.17) is 19.4 Å². The van der Waals surface area contributed by atoms with Crippen LogP contribution in [0.15, 0.2) is 30.3 Å². The van der Waals surface area contributed by atoms with Gasteiger partial charge in [-0.25, -0.2) is 4.79 Å². The molecule has 1 unspecified atom stereocenters. The first-order valence-electron chi connectivity index (χ1n) is 8.65. The fourth-order valence-electron chi connectivity index (χ4n) is 3.18. The molecule has 4 N–H and O–H groups in total. The fraction of sp³-hybridized carbons (Fsp3) is 0.316. The van der Waals surface area contributed by atoms with E-state index in [9.17, 15) is 23.4 Å². The van der Waals surface area contributed by atoms with Gasteiger partial charge in [0.1, 0.15) is 13.2 Å². The SMILES string of the molecule is O=C(O)C(F)(F)F.Oc1cc2c(cc1O)C(c1cccc3c1OCCO3)NCC2. The van der Waals surface area contributed by atoms with Gasteiger partial charge in [-0.1, -0.05) is 12.1 Å². The maximum absolute atomic E-state index is 10.6. The van der Waals surface area contributed by atoms with Crippen molar-refractivity contribution in [2.75, 3.05) is 19.8 Å². The van der Waals surface area contributed by atoms with Crippen molar-refractivity contribution >= 4 is 5.97 Å². The summed E-state index contributed by atoms with van der Waals surface area (Å²) < 4.78 is 43.2. The summed E-state index contributed by atoms with van der Waals surface area (Å²) in [6, 6.07) is 9.03. The lowest BCUT2D eigenvalue weighted by Crippen LogP contribution is -2.31. The highest BCUT2D eigenvalue weighted by atomic mass is 19.4. The normalized spacial score (nSPS) is 17.6. The third-order valence-corrected chi connectivity index (χ3v) is 4.44. The Balaban J connectivity index is 0.000000298. The Labute approximate surface area is 163 Å². The van der Waals surface area contributed by atoms with Crippen molar-refractivity contribution in [2.45, 2.75) is 18.6 Å². The number of rotatable bonds is 1. The number of hydrogen-bond donors (Lipinski definition) is 4. The summed E-state index contributed by atoms with van der Waals surface area (Å²) in [7, 11) is 0. The van der Waals surface area contributed by atoms with Gasteiger partial charge in [0.05, 0.1) is 6.04 Å². The summed E-state index contributed by atoms with van der Waals surface area (Å²) in [5, 5.41) is 30.1. The van der Waals surface area contributed by atoms with Crippen LogP contribution < -0.4 is 14.8 Å². The molecule has 2 aromatic rings. The van der Waals surface area contributed by atoms with Crippen LogP contribution in [0.4, 0.5) is 13.2 Å². The number of carboxylic acid groups (broad SMARTS) is 1. The highest BCUT2D eigenvalue weighted by Gasteiger charge is 2.38. The highest BCUT2D eigenvalue weighted by Crippen LogP contribution is 2.42. The monoisotopic (exact) mass is 413 g/mol. The van der Waals surface area contributed by atoms with Crippen LogP contribution in [0.1, 0.15) is 22.7 Å². The Hall–Kier alpha value is -3.14. The van der Waals surface area contributed by atoms with Gasteiger partial charge in [0.15, 0.2) is 23.0 Å². The van der Waals surface area contributed by atoms with Crippen molar-refractivity contribution in [1.29, 1.82) is 0 Å². The quantitative estimate of drug-likeness (QED) is 0.533. The van der Waals surface area contributed by atoms with E-state index < -0.39 is 12.1 Å². The van der Waals surface area contributed by atoms with Gasteiger partial charge in [-0.15, -0.1) is 0 Å². The van der Waals surface area contributed by atoms with E-state index in [1.807, 2.05) is 18.2 Å². The first-order valence-corrected chi connectivity index (χ1v) is 8.65. The summed E-state index contributed by atoms with van der Waals surface area (Å²) in [6.45, 7) is 1.89. The number of carboxylic acids is 1. The van der Waals surface area contributed by atoms with Gasteiger partial charge in [-0.05, 0) is 35.7 Å². The summed E-state index contributed by atoms with van der Waals surface area (Å²) in [5.41, 5.74) is 2.99. The predicted molar refractivity (Wildman–Crippen MR) is 94.4 cm³/mol. The van der Waals surface area contributed by atoms with E-state index in [1.54, 1.807) is 12.1 Å². The molecule has 0 aliphatic carbocycles. The van der Waals surface area contributed by atoms with E-state index in [-0.39, 0.29) is 17.5 Å². The van der Waals surface area contributed by atoms with Gasteiger partial charge in [-0.2, -0.15) is 13.2 Å². The average Bonchev–Trinajstić information content (AvgIpc) is 2.68. The number of aromatic hydroxyl groups is 2. The van der Waals surface area contributed by atoms with Crippen LogP contribution in [0.3, 0.4) is 0 Å².